The highest BCUT2D eigenvalue weighted by Gasteiger charge is 2.12. The minimum atomic E-state index is 0.523. The van der Waals surface area contributed by atoms with Crippen molar-refractivity contribution < 1.29 is 0 Å². The van der Waals surface area contributed by atoms with Gasteiger partial charge in [0.2, 0.25) is 0 Å². The Balaban J connectivity index is 1.93. The molecule has 22 heavy (non-hydrogen) atoms. The highest BCUT2D eigenvalue weighted by atomic mass is 35.5. The van der Waals surface area contributed by atoms with Gasteiger partial charge in [0.05, 0.1) is 10.0 Å². The van der Waals surface area contributed by atoms with Crippen LogP contribution in [0.2, 0.25) is 10.0 Å². The van der Waals surface area contributed by atoms with Gasteiger partial charge in [0.1, 0.15) is 5.82 Å². The molecule has 0 saturated heterocycles. The van der Waals surface area contributed by atoms with Gasteiger partial charge in [0.15, 0.2) is 0 Å². The Morgan fingerprint density at radius 1 is 1.00 bits per heavy atom. The van der Waals surface area contributed by atoms with Gasteiger partial charge in [0.25, 0.3) is 0 Å². The Morgan fingerprint density at radius 2 is 1.73 bits per heavy atom. The average Bonchev–Trinajstić information content (AvgIpc) is 2.99. The zero-order valence-electron chi connectivity index (χ0n) is 11.8. The molecule has 0 aliphatic rings. The maximum Gasteiger partial charge on any atom is 0.141 e. The molecule has 0 atom stereocenters. The molecule has 0 bridgehead atoms. The summed E-state index contributed by atoms with van der Waals surface area (Å²) in [6, 6.07) is 13.8. The molecule has 1 heterocycles. The molecule has 0 amide bonds. The first-order valence-electron chi connectivity index (χ1n) is 6.92. The van der Waals surface area contributed by atoms with Gasteiger partial charge in [-0.3, -0.25) is 0 Å². The van der Waals surface area contributed by atoms with Crippen molar-refractivity contribution >= 4 is 23.2 Å². The summed E-state index contributed by atoms with van der Waals surface area (Å²) >= 11 is 12.4. The monoisotopic (exact) mass is 331 g/mol. The Bertz CT molecular complexity index is 779. The molecule has 3 rings (SSSR count). The van der Waals surface area contributed by atoms with Gasteiger partial charge >= 0.3 is 0 Å². The number of nitrogens with zero attached hydrogens (tertiary/aromatic N) is 2. The number of rotatable bonds is 4. The molecule has 3 aromatic rings. The summed E-state index contributed by atoms with van der Waals surface area (Å²) in [4.78, 5) is 4.42. The van der Waals surface area contributed by atoms with Crippen molar-refractivity contribution in [3.05, 3.63) is 76.0 Å². The van der Waals surface area contributed by atoms with Crippen LogP contribution in [0.25, 0.3) is 11.4 Å². The van der Waals surface area contributed by atoms with Crippen molar-refractivity contribution in [2.45, 2.75) is 13.1 Å². The number of hydrogen-bond acceptors (Lipinski definition) is 2. The van der Waals surface area contributed by atoms with E-state index in [1.54, 1.807) is 12.3 Å². The molecule has 0 spiro atoms. The molecule has 2 N–H and O–H groups in total. The van der Waals surface area contributed by atoms with Crippen LogP contribution in [0.15, 0.2) is 54.9 Å². The molecule has 3 nitrogen and oxygen atoms in total. The topological polar surface area (TPSA) is 43.8 Å². The van der Waals surface area contributed by atoms with Crippen LogP contribution in [-0.4, -0.2) is 9.55 Å². The Morgan fingerprint density at radius 3 is 2.45 bits per heavy atom. The third kappa shape index (κ3) is 3.02. The normalized spacial score (nSPS) is 10.9. The first-order valence-corrected chi connectivity index (χ1v) is 7.68. The van der Waals surface area contributed by atoms with Crippen molar-refractivity contribution in [2.75, 3.05) is 0 Å². The molecule has 2 aromatic carbocycles. The number of nitrogens with two attached hydrogens (primary N) is 1. The first kappa shape index (κ1) is 15.1. The van der Waals surface area contributed by atoms with Crippen molar-refractivity contribution in [3.63, 3.8) is 0 Å². The molecular formula is C17H15Cl2N3. The lowest BCUT2D eigenvalue weighted by Gasteiger charge is -2.10. The van der Waals surface area contributed by atoms with Crippen molar-refractivity contribution in [2.24, 2.45) is 5.73 Å². The third-order valence-corrected chi connectivity index (χ3v) is 4.34. The average molecular weight is 332 g/mol. The lowest BCUT2D eigenvalue weighted by atomic mass is 10.1. The van der Waals surface area contributed by atoms with Crippen molar-refractivity contribution in [3.8, 4) is 11.4 Å². The van der Waals surface area contributed by atoms with Gasteiger partial charge in [-0.25, -0.2) is 4.98 Å². The lowest BCUT2D eigenvalue weighted by molar-refractivity contribution is 0.806. The SMILES string of the molecule is NCc1ccc(Cn2ccnc2-c2cccc(Cl)c2Cl)cc1. The fourth-order valence-corrected chi connectivity index (χ4v) is 2.72. The zero-order chi connectivity index (χ0) is 15.5. The summed E-state index contributed by atoms with van der Waals surface area (Å²) in [6.45, 7) is 1.26. The summed E-state index contributed by atoms with van der Waals surface area (Å²) in [6.07, 6.45) is 3.70. The van der Waals surface area contributed by atoms with Gasteiger partial charge in [-0.2, -0.15) is 0 Å². The number of halogens is 2. The van der Waals surface area contributed by atoms with E-state index in [0.29, 0.717) is 23.1 Å². The predicted octanol–water partition coefficient (Wildman–Crippen LogP) is 4.36. The van der Waals surface area contributed by atoms with Crippen LogP contribution in [0.5, 0.6) is 0 Å². The largest absolute Gasteiger partial charge is 0.327 e. The van der Waals surface area contributed by atoms with Crippen LogP contribution >= 0.6 is 23.2 Å². The summed E-state index contributed by atoms with van der Waals surface area (Å²) < 4.78 is 2.05. The van der Waals surface area contributed by atoms with E-state index in [1.165, 1.54) is 5.56 Å². The standard InChI is InChI=1S/C17H15Cl2N3/c18-15-3-1-2-14(16(15)19)17-21-8-9-22(17)11-13-6-4-12(10-20)5-7-13/h1-9H,10-11,20H2. The second-order valence-corrected chi connectivity index (χ2v) is 5.79. The van der Waals surface area contributed by atoms with Gasteiger partial charge < -0.3 is 10.3 Å². The highest BCUT2D eigenvalue weighted by molar-refractivity contribution is 6.43. The highest BCUT2D eigenvalue weighted by Crippen LogP contribution is 2.32. The van der Waals surface area contributed by atoms with Crippen LogP contribution in [-0.2, 0) is 13.1 Å². The van der Waals surface area contributed by atoms with E-state index < -0.39 is 0 Å². The molecule has 1 aromatic heterocycles. The van der Waals surface area contributed by atoms with Crippen LogP contribution in [0.1, 0.15) is 11.1 Å². The quantitative estimate of drug-likeness (QED) is 0.771. The smallest absolute Gasteiger partial charge is 0.141 e. The van der Waals surface area contributed by atoms with E-state index in [0.717, 1.165) is 17.0 Å². The minimum Gasteiger partial charge on any atom is -0.327 e. The van der Waals surface area contributed by atoms with E-state index in [2.05, 4.69) is 21.7 Å². The van der Waals surface area contributed by atoms with Crippen LogP contribution in [0.3, 0.4) is 0 Å². The maximum absolute atomic E-state index is 6.30. The predicted molar refractivity (Wildman–Crippen MR) is 91.1 cm³/mol. The number of imidazole rings is 1. The Labute approximate surface area is 139 Å². The summed E-state index contributed by atoms with van der Waals surface area (Å²) in [5.74, 6) is 0.801. The van der Waals surface area contributed by atoms with E-state index in [9.17, 15) is 0 Å². The summed E-state index contributed by atoms with van der Waals surface area (Å²) in [5, 5.41) is 1.05. The molecule has 0 unspecified atom stereocenters. The summed E-state index contributed by atoms with van der Waals surface area (Å²) in [7, 11) is 0. The molecule has 0 aliphatic carbocycles. The van der Waals surface area contributed by atoms with Crippen molar-refractivity contribution in [1.29, 1.82) is 0 Å². The molecule has 0 aliphatic heterocycles. The molecule has 5 heteroatoms. The second-order valence-electron chi connectivity index (χ2n) is 5.00. The second kappa shape index (κ2) is 6.53. The summed E-state index contributed by atoms with van der Waals surface area (Å²) in [5.41, 5.74) is 8.75. The fraction of sp³-hybridized carbons (Fsp3) is 0.118. The van der Waals surface area contributed by atoms with Gasteiger partial charge in [-0.15, -0.1) is 0 Å². The van der Waals surface area contributed by atoms with Gasteiger partial charge in [-0.05, 0) is 23.3 Å². The van der Waals surface area contributed by atoms with Crippen molar-refractivity contribution in [1.82, 2.24) is 9.55 Å². The van der Waals surface area contributed by atoms with Gasteiger partial charge in [-0.1, -0.05) is 53.5 Å². The Kier molecular flexibility index (Phi) is 4.48. The van der Waals surface area contributed by atoms with E-state index in [1.807, 2.05) is 30.5 Å². The molecule has 0 saturated carbocycles. The van der Waals surface area contributed by atoms with E-state index in [-0.39, 0.29) is 0 Å². The minimum absolute atomic E-state index is 0.523. The molecular weight excluding hydrogens is 317 g/mol. The molecule has 0 radical (unpaired) electrons. The number of benzene rings is 2. The van der Waals surface area contributed by atoms with Crippen LogP contribution < -0.4 is 5.73 Å². The Hall–Kier alpha value is -1.81. The first-order chi connectivity index (χ1) is 10.7. The van der Waals surface area contributed by atoms with E-state index >= 15 is 0 Å². The van der Waals surface area contributed by atoms with Crippen LogP contribution in [0.4, 0.5) is 0 Å². The third-order valence-electron chi connectivity index (χ3n) is 3.52. The van der Waals surface area contributed by atoms with Gasteiger partial charge in [0, 0.05) is 31.0 Å². The molecule has 0 fully saturated rings. The van der Waals surface area contributed by atoms with Crippen LogP contribution in [0, 0.1) is 0 Å². The maximum atomic E-state index is 6.30. The number of aromatic nitrogens is 2. The lowest BCUT2D eigenvalue weighted by Crippen LogP contribution is -2.02. The molecule has 112 valence electrons. The number of hydrogen-bond donors (Lipinski definition) is 1. The van der Waals surface area contributed by atoms with E-state index in [4.69, 9.17) is 28.9 Å². The fourth-order valence-electron chi connectivity index (χ4n) is 2.33. The zero-order valence-corrected chi connectivity index (χ0v) is 13.3.